The van der Waals surface area contributed by atoms with E-state index in [1.807, 2.05) is 39.0 Å². The summed E-state index contributed by atoms with van der Waals surface area (Å²) < 4.78 is 32.4. The zero-order valence-electron chi connectivity index (χ0n) is 21.7. The highest BCUT2D eigenvalue weighted by Gasteiger charge is 2.22. The maximum absolute atomic E-state index is 11.1. The summed E-state index contributed by atoms with van der Waals surface area (Å²) in [6, 6.07) is 5.92. The molecule has 0 amide bonds. The quantitative estimate of drug-likeness (QED) is 0.434. The zero-order valence-corrected chi connectivity index (χ0v) is 21.7. The van der Waals surface area contributed by atoms with Crippen molar-refractivity contribution in [2.75, 3.05) is 0 Å². The van der Waals surface area contributed by atoms with E-state index in [0.29, 0.717) is 5.78 Å². The Kier molecular flexibility index (Phi) is 14.7. The summed E-state index contributed by atoms with van der Waals surface area (Å²) in [5.41, 5.74) is 3.54. The molecule has 1 aromatic carbocycles. The molecule has 6 heteroatoms. The first-order valence-electron chi connectivity index (χ1n) is 11.3. The summed E-state index contributed by atoms with van der Waals surface area (Å²) >= 11 is 0. The van der Waals surface area contributed by atoms with Gasteiger partial charge in [0.1, 0.15) is 5.78 Å². The summed E-state index contributed by atoms with van der Waals surface area (Å²) in [7, 11) is 0. The van der Waals surface area contributed by atoms with Crippen LogP contribution in [0.1, 0.15) is 106 Å². The third kappa shape index (κ3) is 17.9. The number of halogens is 3. The second kappa shape index (κ2) is 14.5. The fourth-order valence-electron chi connectivity index (χ4n) is 2.40. The van der Waals surface area contributed by atoms with Crippen LogP contribution in [0.5, 0.6) is 0 Å². The highest BCUT2D eigenvalue weighted by atomic mass is 19.4. The van der Waals surface area contributed by atoms with Gasteiger partial charge in [0.15, 0.2) is 0 Å². The fourth-order valence-corrected chi connectivity index (χ4v) is 2.40. The summed E-state index contributed by atoms with van der Waals surface area (Å²) in [5, 5.41) is 9.90. The predicted molar refractivity (Wildman–Crippen MR) is 130 cm³/mol. The standard InChI is InChI=1S/C14H21NO.C9H18O.C3H5F3/c1-6-11(3)15-13-8-7-12(9-10(13)2)14(4,5)16;1-5-6-8(10)7-9(2,3)4;1-2-3(4,5)6/h7-9,16H,6H2,1-5H3;5-7H2,1-4H3;2H2,1H3. The van der Waals surface area contributed by atoms with E-state index in [2.05, 4.69) is 32.7 Å². The number of rotatable bonds is 6. The molecule has 0 heterocycles. The van der Waals surface area contributed by atoms with Gasteiger partial charge in [-0.05, 0) is 63.1 Å². The summed E-state index contributed by atoms with van der Waals surface area (Å²) in [6.07, 6.45) is -1.27. The molecular weight excluding hydrogens is 415 g/mol. The monoisotopic (exact) mass is 459 g/mol. The lowest BCUT2D eigenvalue weighted by atomic mass is 9.89. The lowest BCUT2D eigenvalue weighted by Gasteiger charge is -2.18. The van der Waals surface area contributed by atoms with Crippen molar-refractivity contribution in [3.63, 3.8) is 0 Å². The molecule has 0 bridgehead atoms. The van der Waals surface area contributed by atoms with Gasteiger partial charge in [0.25, 0.3) is 0 Å². The van der Waals surface area contributed by atoms with E-state index in [-0.39, 0.29) is 5.41 Å². The van der Waals surface area contributed by atoms with Gasteiger partial charge in [-0.15, -0.1) is 0 Å². The SMILES string of the molecule is CCC(C)=Nc1ccc(C(C)(C)O)cc1C.CCC(F)(F)F.CCCC(=O)CC(C)(C)C. The molecule has 32 heavy (non-hydrogen) atoms. The van der Waals surface area contributed by atoms with E-state index >= 15 is 0 Å². The number of aliphatic hydroxyl groups is 1. The minimum absolute atomic E-state index is 0.173. The molecule has 0 aromatic heterocycles. The Hall–Kier alpha value is -1.69. The smallest absolute Gasteiger partial charge is 0.386 e. The van der Waals surface area contributed by atoms with Crippen molar-refractivity contribution in [3.8, 4) is 0 Å². The lowest BCUT2D eigenvalue weighted by molar-refractivity contribution is -0.130. The number of aliphatic imine (C=N–C) groups is 1. The van der Waals surface area contributed by atoms with Crippen molar-refractivity contribution in [1.29, 1.82) is 0 Å². The van der Waals surface area contributed by atoms with Gasteiger partial charge in [-0.3, -0.25) is 9.79 Å². The Balaban J connectivity index is 0. The molecule has 186 valence electrons. The lowest BCUT2D eigenvalue weighted by Crippen LogP contribution is -2.15. The maximum Gasteiger partial charge on any atom is 0.388 e. The first-order valence-corrected chi connectivity index (χ1v) is 11.3. The number of hydrogen-bond acceptors (Lipinski definition) is 3. The van der Waals surface area contributed by atoms with Crippen molar-refractivity contribution in [2.24, 2.45) is 10.4 Å². The number of aryl methyl sites for hydroxylation is 1. The molecule has 1 rings (SSSR count). The second-order valence-electron chi connectivity index (χ2n) is 9.76. The molecule has 1 aromatic rings. The van der Waals surface area contributed by atoms with E-state index in [9.17, 15) is 23.1 Å². The molecule has 0 aliphatic carbocycles. The van der Waals surface area contributed by atoms with Crippen molar-refractivity contribution in [2.45, 2.75) is 113 Å². The van der Waals surface area contributed by atoms with Gasteiger partial charge >= 0.3 is 6.18 Å². The van der Waals surface area contributed by atoms with E-state index < -0.39 is 18.2 Å². The highest BCUT2D eigenvalue weighted by Crippen LogP contribution is 2.26. The summed E-state index contributed by atoms with van der Waals surface area (Å²) in [6.45, 7) is 19.2. The number of carbonyl (C=O) groups is 1. The molecule has 0 saturated carbocycles. The largest absolute Gasteiger partial charge is 0.388 e. The molecule has 0 radical (unpaired) electrons. The van der Waals surface area contributed by atoms with Gasteiger partial charge in [0.05, 0.1) is 11.3 Å². The van der Waals surface area contributed by atoms with E-state index in [4.69, 9.17) is 0 Å². The molecule has 0 atom stereocenters. The highest BCUT2D eigenvalue weighted by molar-refractivity contribution is 5.84. The topological polar surface area (TPSA) is 49.7 Å². The molecule has 3 nitrogen and oxygen atoms in total. The molecule has 0 fully saturated rings. The van der Waals surface area contributed by atoms with Crippen LogP contribution in [-0.2, 0) is 10.4 Å². The van der Waals surface area contributed by atoms with Crippen LogP contribution in [0.25, 0.3) is 0 Å². The molecule has 0 unspecified atom stereocenters. The third-order valence-electron chi connectivity index (χ3n) is 4.38. The Bertz CT molecular complexity index is 709. The van der Waals surface area contributed by atoms with Crippen molar-refractivity contribution < 1.29 is 23.1 Å². The van der Waals surface area contributed by atoms with Gasteiger partial charge < -0.3 is 5.11 Å². The van der Waals surface area contributed by atoms with Crippen LogP contribution in [0, 0.1) is 12.3 Å². The number of alkyl halides is 3. The number of benzene rings is 1. The van der Waals surface area contributed by atoms with Gasteiger partial charge in [-0.1, -0.05) is 53.7 Å². The average molecular weight is 460 g/mol. The molecule has 0 aliphatic heterocycles. The van der Waals surface area contributed by atoms with E-state index in [1.54, 1.807) is 13.8 Å². The molecule has 0 saturated heterocycles. The molecule has 1 N–H and O–H groups in total. The minimum Gasteiger partial charge on any atom is -0.386 e. The van der Waals surface area contributed by atoms with Crippen LogP contribution in [-0.4, -0.2) is 22.8 Å². The molecule has 0 aliphatic rings. The van der Waals surface area contributed by atoms with Gasteiger partial charge in [0.2, 0.25) is 0 Å². The average Bonchev–Trinajstić information content (AvgIpc) is 2.61. The number of ketones is 1. The van der Waals surface area contributed by atoms with Gasteiger partial charge in [-0.2, -0.15) is 13.2 Å². The minimum atomic E-state index is -3.96. The number of Topliss-reactive ketones (excluding diaryl/α,β-unsaturated/α-hetero) is 1. The van der Waals surface area contributed by atoms with Crippen LogP contribution in [0.4, 0.5) is 18.9 Å². The first-order chi connectivity index (χ1) is 14.4. The zero-order chi connectivity index (χ0) is 25.8. The predicted octanol–water partition coefficient (Wildman–Crippen LogP) is 8.48. The van der Waals surface area contributed by atoms with Crippen molar-refractivity contribution in [1.82, 2.24) is 0 Å². The van der Waals surface area contributed by atoms with E-state index in [1.165, 1.54) is 0 Å². The Morgan fingerprint density at radius 3 is 1.84 bits per heavy atom. The Labute approximate surface area is 193 Å². The van der Waals surface area contributed by atoms with Crippen LogP contribution >= 0.6 is 0 Å². The van der Waals surface area contributed by atoms with Gasteiger partial charge in [0, 0.05) is 25.0 Å². The second-order valence-corrected chi connectivity index (χ2v) is 9.76. The van der Waals surface area contributed by atoms with Crippen LogP contribution in [0.2, 0.25) is 0 Å². The Morgan fingerprint density at radius 2 is 1.53 bits per heavy atom. The van der Waals surface area contributed by atoms with Crippen LogP contribution in [0.3, 0.4) is 0 Å². The van der Waals surface area contributed by atoms with Gasteiger partial charge in [-0.25, -0.2) is 0 Å². The summed E-state index contributed by atoms with van der Waals surface area (Å²) in [5.74, 6) is 0.398. The number of nitrogens with zero attached hydrogens (tertiary/aromatic N) is 1. The molecular formula is C26H44F3NO2. The maximum atomic E-state index is 11.1. The third-order valence-corrected chi connectivity index (χ3v) is 4.38. The fraction of sp³-hybridized carbons (Fsp3) is 0.692. The van der Waals surface area contributed by atoms with Crippen molar-refractivity contribution >= 4 is 17.2 Å². The first kappa shape index (κ1) is 32.5. The normalized spacial score (nSPS) is 12.4. The number of carbonyl (C=O) groups excluding carboxylic acids is 1. The van der Waals surface area contributed by atoms with Crippen LogP contribution < -0.4 is 0 Å². The summed E-state index contributed by atoms with van der Waals surface area (Å²) in [4.78, 5) is 15.6. The number of hydrogen-bond donors (Lipinski definition) is 1. The Morgan fingerprint density at radius 1 is 1.03 bits per heavy atom. The van der Waals surface area contributed by atoms with Crippen LogP contribution in [0.15, 0.2) is 23.2 Å². The molecule has 0 spiro atoms. The van der Waals surface area contributed by atoms with Crippen molar-refractivity contribution in [3.05, 3.63) is 29.3 Å². The van der Waals surface area contributed by atoms with E-state index in [0.717, 1.165) is 55.1 Å².